The molecule has 0 heterocycles. The van der Waals surface area contributed by atoms with Gasteiger partial charge in [-0.25, -0.2) is 8.78 Å². The maximum Gasteiger partial charge on any atom is 0.234 e. The summed E-state index contributed by atoms with van der Waals surface area (Å²) in [5, 5.41) is 11.7. The van der Waals surface area contributed by atoms with Crippen LogP contribution in [0.5, 0.6) is 0 Å². The molecule has 0 aromatic heterocycles. The highest BCUT2D eigenvalue weighted by Gasteiger charge is 2.12. The van der Waals surface area contributed by atoms with Crippen molar-refractivity contribution in [2.45, 2.75) is 20.0 Å². The molecule has 0 saturated heterocycles. The summed E-state index contributed by atoms with van der Waals surface area (Å²) in [6.45, 7) is 3.07. The second-order valence-corrected chi connectivity index (χ2v) is 5.62. The highest BCUT2D eigenvalue weighted by molar-refractivity contribution is 5.78. The van der Waals surface area contributed by atoms with Gasteiger partial charge in [0.1, 0.15) is 11.6 Å². The third-order valence-corrected chi connectivity index (χ3v) is 3.79. The van der Waals surface area contributed by atoms with Gasteiger partial charge in [-0.15, -0.1) is 0 Å². The molecule has 0 spiro atoms. The highest BCUT2D eigenvalue weighted by atomic mass is 19.1. The predicted octanol–water partition coefficient (Wildman–Crippen LogP) is 2.97. The molecule has 0 aliphatic rings. The topological polar surface area (TPSA) is 56.1 Å². The van der Waals surface area contributed by atoms with Gasteiger partial charge in [0.2, 0.25) is 5.91 Å². The molecule has 0 unspecified atom stereocenters. The number of benzene rings is 2. The van der Waals surface area contributed by atoms with Crippen LogP contribution in [0, 0.1) is 23.0 Å². The minimum absolute atomic E-state index is 0.105. The monoisotopic (exact) mass is 343 g/mol. The number of likely N-dealkylation sites (N-methyl/N-ethyl adjacent to an activating group) is 1. The first-order chi connectivity index (χ1) is 12.0. The normalized spacial score (nSPS) is 10.5. The van der Waals surface area contributed by atoms with E-state index in [1.165, 1.54) is 30.3 Å². The van der Waals surface area contributed by atoms with Crippen LogP contribution in [0.1, 0.15) is 23.6 Å². The molecule has 1 N–H and O–H groups in total. The van der Waals surface area contributed by atoms with Gasteiger partial charge in [-0.3, -0.25) is 9.69 Å². The van der Waals surface area contributed by atoms with Crippen molar-refractivity contribution in [3.8, 4) is 6.07 Å². The van der Waals surface area contributed by atoms with Crippen LogP contribution in [0.25, 0.3) is 0 Å². The Morgan fingerprint density at radius 2 is 1.92 bits per heavy atom. The summed E-state index contributed by atoms with van der Waals surface area (Å²) in [6.07, 6.45) is 0. The first-order valence-corrected chi connectivity index (χ1v) is 7.94. The number of nitriles is 1. The van der Waals surface area contributed by atoms with Gasteiger partial charge in [0.15, 0.2) is 0 Å². The van der Waals surface area contributed by atoms with Crippen molar-refractivity contribution < 1.29 is 13.6 Å². The maximum absolute atomic E-state index is 13.9. The molecular weight excluding hydrogens is 324 g/mol. The van der Waals surface area contributed by atoms with E-state index < -0.39 is 5.82 Å². The van der Waals surface area contributed by atoms with Crippen molar-refractivity contribution >= 4 is 5.91 Å². The predicted molar refractivity (Wildman–Crippen MR) is 90.3 cm³/mol. The summed E-state index contributed by atoms with van der Waals surface area (Å²) in [5.41, 5.74) is 1.56. The SMILES string of the molecule is CCN(CC(=O)NCc1ccc(F)cc1)Cc1cc(C#N)ccc1F. The third-order valence-electron chi connectivity index (χ3n) is 3.79. The zero-order valence-corrected chi connectivity index (χ0v) is 13.9. The van der Waals surface area contributed by atoms with Crippen LogP contribution in [-0.4, -0.2) is 23.9 Å². The molecule has 0 bridgehead atoms. The fourth-order valence-corrected chi connectivity index (χ4v) is 2.35. The van der Waals surface area contributed by atoms with E-state index in [1.807, 2.05) is 13.0 Å². The number of hydrogen-bond acceptors (Lipinski definition) is 3. The van der Waals surface area contributed by atoms with E-state index >= 15 is 0 Å². The van der Waals surface area contributed by atoms with E-state index in [9.17, 15) is 13.6 Å². The van der Waals surface area contributed by atoms with E-state index in [-0.39, 0.29) is 24.8 Å². The minimum atomic E-state index is -0.399. The second kappa shape index (κ2) is 8.90. The fraction of sp³-hybridized carbons (Fsp3) is 0.263. The van der Waals surface area contributed by atoms with Crippen LogP contribution in [0.3, 0.4) is 0 Å². The number of carbonyl (C=O) groups is 1. The first-order valence-electron chi connectivity index (χ1n) is 7.94. The van der Waals surface area contributed by atoms with Crippen LogP contribution in [0.4, 0.5) is 8.78 Å². The summed E-state index contributed by atoms with van der Waals surface area (Å²) >= 11 is 0. The maximum atomic E-state index is 13.9. The molecule has 0 aliphatic carbocycles. The molecule has 0 saturated carbocycles. The van der Waals surface area contributed by atoms with E-state index in [1.54, 1.807) is 17.0 Å². The average molecular weight is 343 g/mol. The van der Waals surface area contributed by atoms with Gasteiger partial charge < -0.3 is 5.32 Å². The minimum Gasteiger partial charge on any atom is -0.351 e. The number of nitrogens with one attached hydrogen (secondary N) is 1. The lowest BCUT2D eigenvalue weighted by Gasteiger charge is -2.20. The number of carbonyl (C=O) groups excluding carboxylic acids is 1. The lowest BCUT2D eigenvalue weighted by molar-refractivity contribution is -0.122. The van der Waals surface area contributed by atoms with Crippen molar-refractivity contribution in [1.29, 1.82) is 5.26 Å². The molecule has 0 atom stereocenters. The number of hydrogen-bond donors (Lipinski definition) is 1. The van der Waals surface area contributed by atoms with E-state index in [4.69, 9.17) is 5.26 Å². The van der Waals surface area contributed by atoms with Crippen molar-refractivity contribution in [2.75, 3.05) is 13.1 Å². The molecule has 6 heteroatoms. The quantitative estimate of drug-likeness (QED) is 0.841. The Labute approximate surface area is 145 Å². The van der Waals surface area contributed by atoms with E-state index in [2.05, 4.69) is 5.32 Å². The van der Waals surface area contributed by atoms with Crippen LogP contribution in [0.2, 0.25) is 0 Å². The molecule has 0 radical (unpaired) electrons. The van der Waals surface area contributed by atoms with Gasteiger partial charge in [0.25, 0.3) is 0 Å². The molecule has 2 rings (SSSR count). The van der Waals surface area contributed by atoms with Gasteiger partial charge in [0.05, 0.1) is 18.2 Å². The Morgan fingerprint density at radius 1 is 1.20 bits per heavy atom. The van der Waals surface area contributed by atoms with Crippen LogP contribution in [-0.2, 0) is 17.9 Å². The molecule has 2 aromatic carbocycles. The van der Waals surface area contributed by atoms with Crippen molar-refractivity contribution in [1.82, 2.24) is 10.2 Å². The molecule has 0 aliphatic heterocycles. The van der Waals surface area contributed by atoms with Gasteiger partial charge in [-0.1, -0.05) is 19.1 Å². The van der Waals surface area contributed by atoms with Crippen molar-refractivity contribution in [2.24, 2.45) is 0 Å². The average Bonchev–Trinajstić information content (AvgIpc) is 2.62. The number of amides is 1. The standard InChI is InChI=1S/C19H19F2N3O/c1-2-24(12-16-9-15(10-22)5-8-18(16)21)13-19(25)23-11-14-3-6-17(20)7-4-14/h3-9H,2,11-13H2,1H3,(H,23,25). The van der Waals surface area contributed by atoms with Crippen molar-refractivity contribution in [3.05, 3.63) is 70.8 Å². The van der Waals surface area contributed by atoms with Crippen LogP contribution >= 0.6 is 0 Å². The van der Waals surface area contributed by atoms with Crippen molar-refractivity contribution in [3.63, 3.8) is 0 Å². The molecule has 2 aromatic rings. The Balaban J connectivity index is 1.91. The fourth-order valence-electron chi connectivity index (χ4n) is 2.35. The Bertz CT molecular complexity index is 769. The largest absolute Gasteiger partial charge is 0.351 e. The smallest absolute Gasteiger partial charge is 0.234 e. The molecular formula is C19H19F2N3O. The molecule has 130 valence electrons. The summed E-state index contributed by atoms with van der Waals surface area (Å²) in [7, 11) is 0. The molecule has 0 fully saturated rings. The first kappa shape index (κ1) is 18.6. The highest BCUT2D eigenvalue weighted by Crippen LogP contribution is 2.13. The summed E-state index contributed by atoms with van der Waals surface area (Å²) in [5.74, 6) is -0.930. The summed E-state index contributed by atoms with van der Waals surface area (Å²) in [6, 6.07) is 12.0. The summed E-state index contributed by atoms with van der Waals surface area (Å²) in [4.78, 5) is 13.9. The molecule has 1 amide bonds. The second-order valence-electron chi connectivity index (χ2n) is 5.62. The third kappa shape index (κ3) is 5.66. The Hall–Kier alpha value is -2.78. The van der Waals surface area contributed by atoms with Crippen LogP contribution in [0.15, 0.2) is 42.5 Å². The van der Waals surface area contributed by atoms with Gasteiger partial charge in [-0.05, 0) is 42.4 Å². The molecule has 4 nitrogen and oxygen atoms in total. The van der Waals surface area contributed by atoms with E-state index in [0.717, 1.165) is 5.56 Å². The van der Waals surface area contributed by atoms with Crippen LogP contribution < -0.4 is 5.32 Å². The van der Waals surface area contributed by atoms with Gasteiger partial charge in [0, 0.05) is 18.7 Å². The lowest BCUT2D eigenvalue weighted by Crippen LogP contribution is -2.36. The number of rotatable bonds is 7. The Kier molecular flexibility index (Phi) is 6.61. The zero-order valence-electron chi connectivity index (χ0n) is 13.9. The summed E-state index contributed by atoms with van der Waals surface area (Å²) < 4.78 is 26.7. The Morgan fingerprint density at radius 3 is 2.56 bits per heavy atom. The van der Waals surface area contributed by atoms with Gasteiger partial charge >= 0.3 is 0 Å². The number of halogens is 2. The van der Waals surface area contributed by atoms with Gasteiger partial charge in [-0.2, -0.15) is 5.26 Å². The lowest BCUT2D eigenvalue weighted by atomic mass is 10.1. The zero-order chi connectivity index (χ0) is 18.2. The molecule has 25 heavy (non-hydrogen) atoms. The number of nitrogens with zero attached hydrogens (tertiary/aromatic N) is 2. The van der Waals surface area contributed by atoms with E-state index in [0.29, 0.717) is 24.2 Å².